The highest BCUT2D eigenvalue weighted by Crippen LogP contribution is 2.34. The van der Waals surface area contributed by atoms with Crippen LogP contribution in [0.25, 0.3) is 0 Å². The number of anilines is 1. The Morgan fingerprint density at radius 2 is 2.33 bits per heavy atom. The third-order valence-electron chi connectivity index (χ3n) is 3.06. The summed E-state index contributed by atoms with van der Waals surface area (Å²) in [5.41, 5.74) is 1.11. The van der Waals surface area contributed by atoms with E-state index < -0.39 is 0 Å². The lowest BCUT2D eigenvalue weighted by Crippen LogP contribution is -2.30. The second-order valence-corrected chi connectivity index (χ2v) is 5.00. The maximum Gasteiger partial charge on any atom is 0.147 e. The molecule has 1 aromatic rings. The number of ether oxygens (including phenoxy) is 1. The number of hydrogen-bond acceptors (Lipinski definition) is 4. The maximum absolute atomic E-state index is 6.34. The highest BCUT2D eigenvalue weighted by molar-refractivity contribution is 6.33. The molecular formula is C13H20ClN3O. The van der Waals surface area contributed by atoms with E-state index in [4.69, 9.17) is 16.3 Å². The normalized spacial score (nSPS) is 14.8. The number of halogens is 1. The minimum absolute atomic E-state index is 0.584. The summed E-state index contributed by atoms with van der Waals surface area (Å²) in [7, 11) is 3.63. The standard InChI is InChI=1S/C13H20ClN3O/c1-15-8-10-7-12(14)13(16-9-10)17(5-6-18-2)11-3-4-11/h7,9,11,15H,3-6,8H2,1-2H3. The van der Waals surface area contributed by atoms with Crippen LogP contribution in [0.15, 0.2) is 12.3 Å². The molecule has 1 fully saturated rings. The van der Waals surface area contributed by atoms with Crippen molar-refractivity contribution in [2.45, 2.75) is 25.4 Å². The first-order chi connectivity index (χ1) is 8.76. The van der Waals surface area contributed by atoms with Crippen molar-refractivity contribution >= 4 is 17.4 Å². The van der Waals surface area contributed by atoms with Gasteiger partial charge in [0.05, 0.1) is 11.6 Å². The van der Waals surface area contributed by atoms with Gasteiger partial charge < -0.3 is 15.0 Å². The predicted molar refractivity (Wildman–Crippen MR) is 74.3 cm³/mol. The van der Waals surface area contributed by atoms with Crippen LogP contribution in [0.2, 0.25) is 5.02 Å². The Kier molecular flexibility index (Phi) is 4.80. The molecule has 0 aromatic carbocycles. The van der Waals surface area contributed by atoms with Crippen LogP contribution < -0.4 is 10.2 Å². The summed E-state index contributed by atoms with van der Waals surface area (Å²) in [5.74, 6) is 0.885. The molecule has 18 heavy (non-hydrogen) atoms. The second-order valence-electron chi connectivity index (χ2n) is 4.60. The quantitative estimate of drug-likeness (QED) is 0.822. The van der Waals surface area contributed by atoms with E-state index in [-0.39, 0.29) is 0 Å². The number of nitrogens with one attached hydrogen (secondary N) is 1. The minimum atomic E-state index is 0.584. The molecule has 2 rings (SSSR count). The Morgan fingerprint density at radius 3 is 2.89 bits per heavy atom. The SMILES string of the molecule is CNCc1cnc(N(CCOC)C2CC2)c(Cl)c1. The molecule has 1 aliphatic carbocycles. The molecule has 1 N–H and O–H groups in total. The van der Waals surface area contributed by atoms with E-state index in [1.54, 1.807) is 7.11 Å². The van der Waals surface area contributed by atoms with Gasteiger partial charge in [-0.15, -0.1) is 0 Å². The van der Waals surface area contributed by atoms with Crippen LogP contribution >= 0.6 is 11.6 Å². The fourth-order valence-corrected chi connectivity index (χ4v) is 2.32. The molecule has 0 amide bonds. The van der Waals surface area contributed by atoms with Gasteiger partial charge in [0.15, 0.2) is 0 Å². The number of nitrogens with zero attached hydrogens (tertiary/aromatic N) is 2. The van der Waals surface area contributed by atoms with E-state index in [1.165, 1.54) is 12.8 Å². The average molecular weight is 270 g/mol. The fraction of sp³-hybridized carbons (Fsp3) is 0.615. The number of aromatic nitrogens is 1. The summed E-state index contributed by atoms with van der Waals surface area (Å²) < 4.78 is 5.15. The third kappa shape index (κ3) is 3.34. The fourth-order valence-electron chi connectivity index (χ4n) is 2.02. The monoisotopic (exact) mass is 269 g/mol. The van der Waals surface area contributed by atoms with Gasteiger partial charge in [-0.25, -0.2) is 4.98 Å². The Morgan fingerprint density at radius 1 is 1.56 bits per heavy atom. The molecule has 0 spiro atoms. The molecule has 100 valence electrons. The van der Waals surface area contributed by atoms with Crippen molar-refractivity contribution in [2.24, 2.45) is 0 Å². The van der Waals surface area contributed by atoms with Crippen LogP contribution in [0.3, 0.4) is 0 Å². The van der Waals surface area contributed by atoms with Crippen LogP contribution in [0.4, 0.5) is 5.82 Å². The largest absolute Gasteiger partial charge is 0.383 e. The Balaban J connectivity index is 2.13. The lowest BCUT2D eigenvalue weighted by Gasteiger charge is -2.24. The molecule has 0 radical (unpaired) electrons. The second kappa shape index (κ2) is 6.36. The van der Waals surface area contributed by atoms with Gasteiger partial charge in [0.2, 0.25) is 0 Å². The summed E-state index contributed by atoms with van der Waals surface area (Å²) >= 11 is 6.34. The molecule has 0 atom stereocenters. The zero-order valence-electron chi connectivity index (χ0n) is 10.9. The lowest BCUT2D eigenvalue weighted by atomic mass is 10.2. The van der Waals surface area contributed by atoms with Crippen molar-refractivity contribution in [2.75, 3.05) is 32.2 Å². The van der Waals surface area contributed by atoms with Gasteiger partial charge in [-0.3, -0.25) is 0 Å². The summed E-state index contributed by atoms with van der Waals surface area (Å²) in [4.78, 5) is 6.77. The van der Waals surface area contributed by atoms with Crippen LogP contribution in [0.5, 0.6) is 0 Å². The Labute approximate surface area is 113 Å². The van der Waals surface area contributed by atoms with Crippen molar-refractivity contribution in [3.05, 3.63) is 22.8 Å². The first-order valence-corrected chi connectivity index (χ1v) is 6.68. The number of methoxy groups -OCH3 is 1. The zero-order valence-corrected chi connectivity index (χ0v) is 11.7. The Hall–Kier alpha value is -0.840. The Bertz CT molecular complexity index is 396. The van der Waals surface area contributed by atoms with Gasteiger partial charge in [-0.1, -0.05) is 11.6 Å². The molecule has 0 bridgehead atoms. The van der Waals surface area contributed by atoms with Crippen molar-refractivity contribution in [3.8, 4) is 0 Å². The van der Waals surface area contributed by atoms with Crippen LogP contribution in [-0.2, 0) is 11.3 Å². The van der Waals surface area contributed by atoms with Crippen LogP contribution in [0.1, 0.15) is 18.4 Å². The van der Waals surface area contributed by atoms with Crippen molar-refractivity contribution < 1.29 is 4.74 Å². The minimum Gasteiger partial charge on any atom is -0.383 e. The number of rotatable bonds is 7. The first kappa shape index (κ1) is 13.6. The van der Waals surface area contributed by atoms with Gasteiger partial charge >= 0.3 is 0 Å². The zero-order chi connectivity index (χ0) is 13.0. The summed E-state index contributed by atoms with van der Waals surface area (Å²) in [6.07, 6.45) is 4.33. The van der Waals surface area contributed by atoms with Crippen LogP contribution in [-0.4, -0.2) is 38.3 Å². The van der Waals surface area contributed by atoms with Gasteiger partial charge in [0.1, 0.15) is 5.82 Å². The maximum atomic E-state index is 6.34. The van der Waals surface area contributed by atoms with E-state index in [9.17, 15) is 0 Å². The number of hydrogen-bond donors (Lipinski definition) is 1. The van der Waals surface area contributed by atoms with E-state index in [1.807, 2.05) is 19.3 Å². The topological polar surface area (TPSA) is 37.4 Å². The average Bonchev–Trinajstić information content (AvgIpc) is 3.17. The highest BCUT2D eigenvalue weighted by atomic mass is 35.5. The first-order valence-electron chi connectivity index (χ1n) is 6.31. The van der Waals surface area contributed by atoms with Crippen molar-refractivity contribution in [3.63, 3.8) is 0 Å². The molecule has 0 aliphatic heterocycles. The molecule has 1 saturated carbocycles. The van der Waals surface area contributed by atoms with Gasteiger partial charge in [0, 0.05) is 32.4 Å². The van der Waals surface area contributed by atoms with Crippen molar-refractivity contribution in [1.29, 1.82) is 0 Å². The highest BCUT2D eigenvalue weighted by Gasteiger charge is 2.30. The molecular weight excluding hydrogens is 250 g/mol. The molecule has 1 heterocycles. The molecule has 1 aromatic heterocycles. The molecule has 1 aliphatic rings. The molecule has 5 heteroatoms. The van der Waals surface area contributed by atoms with E-state index in [0.29, 0.717) is 12.6 Å². The molecule has 4 nitrogen and oxygen atoms in total. The molecule has 0 unspecified atom stereocenters. The van der Waals surface area contributed by atoms with E-state index >= 15 is 0 Å². The van der Waals surface area contributed by atoms with E-state index in [0.717, 1.165) is 29.5 Å². The van der Waals surface area contributed by atoms with Gasteiger partial charge in [-0.05, 0) is 31.5 Å². The third-order valence-corrected chi connectivity index (χ3v) is 3.33. The molecule has 0 saturated heterocycles. The van der Waals surface area contributed by atoms with Gasteiger partial charge in [0.25, 0.3) is 0 Å². The predicted octanol–water partition coefficient (Wildman–Crippen LogP) is 2.07. The summed E-state index contributed by atoms with van der Waals surface area (Å²) in [6, 6.07) is 2.57. The van der Waals surface area contributed by atoms with Gasteiger partial charge in [-0.2, -0.15) is 0 Å². The summed E-state index contributed by atoms with van der Waals surface area (Å²) in [5, 5.41) is 3.82. The lowest BCUT2D eigenvalue weighted by molar-refractivity contribution is 0.204. The summed E-state index contributed by atoms with van der Waals surface area (Å²) in [6.45, 7) is 2.33. The van der Waals surface area contributed by atoms with E-state index in [2.05, 4.69) is 15.2 Å². The van der Waals surface area contributed by atoms with Crippen LogP contribution in [0, 0.1) is 0 Å². The number of pyridine rings is 1. The van der Waals surface area contributed by atoms with Crippen molar-refractivity contribution in [1.82, 2.24) is 10.3 Å². The smallest absolute Gasteiger partial charge is 0.147 e.